The highest BCUT2D eigenvalue weighted by Gasteiger charge is 2.29. The maximum atomic E-state index is 5.96. The van der Waals surface area contributed by atoms with Gasteiger partial charge in [0.2, 0.25) is 0 Å². The average molecular weight is 368 g/mol. The van der Waals surface area contributed by atoms with Crippen molar-refractivity contribution in [3.05, 3.63) is 95.2 Å². The first-order chi connectivity index (χ1) is 13.7. The number of fused-ring (bicyclic) bond motifs is 3. The second-order valence-corrected chi connectivity index (χ2v) is 7.63. The van der Waals surface area contributed by atoms with Crippen LogP contribution in [0.5, 0.6) is 11.5 Å². The van der Waals surface area contributed by atoms with Gasteiger partial charge in [0.25, 0.3) is 0 Å². The Morgan fingerprint density at radius 2 is 1.64 bits per heavy atom. The van der Waals surface area contributed by atoms with Crippen molar-refractivity contribution in [3.63, 3.8) is 0 Å². The molecule has 1 atom stereocenters. The Morgan fingerprint density at radius 1 is 0.893 bits per heavy atom. The molecule has 1 aromatic heterocycles. The molecule has 0 fully saturated rings. The summed E-state index contributed by atoms with van der Waals surface area (Å²) in [5.74, 6) is 1.72. The van der Waals surface area contributed by atoms with E-state index in [0.29, 0.717) is 0 Å². The minimum absolute atomic E-state index is 0.237. The summed E-state index contributed by atoms with van der Waals surface area (Å²) in [6, 6.07) is 25.2. The third-order valence-electron chi connectivity index (χ3n) is 5.77. The van der Waals surface area contributed by atoms with Crippen LogP contribution in [0.15, 0.2) is 72.8 Å². The number of rotatable bonds is 3. The molecule has 3 heteroatoms. The van der Waals surface area contributed by atoms with Gasteiger partial charge < -0.3 is 9.72 Å². The lowest BCUT2D eigenvalue weighted by molar-refractivity contribution is 0.261. The number of ether oxygens (including phenoxy) is 1. The molecule has 0 saturated heterocycles. The van der Waals surface area contributed by atoms with Gasteiger partial charge in [-0.3, -0.25) is 4.90 Å². The number of para-hydroxylation sites is 1. The van der Waals surface area contributed by atoms with Crippen molar-refractivity contribution in [1.29, 1.82) is 0 Å². The Bertz CT molecular complexity index is 1110. The van der Waals surface area contributed by atoms with Crippen LogP contribution in [0.4, 0.5) is 0 Å². The van der Waals surface area contributed by atoms with E-state index in [-0.39, 0.29) is 6.04 Å². The van der Waals surface area contributed by atoms with Crippen LogP contribution in [-0.4, -0.2) is 23.5 Å². The van der Waals surface area contributed by atoms with Crippen LogP contribution in [-0.2, 0) is 6.42 Å². The molecule has 0 amide bonds. The first-order valence-electron chi connectivity index (χ1n) is 9.84. The van der Waals surface area contributed by atoms with Crippen molar-refractivity contribution in [2.24, 2.45) is 0 Å². The number of H-pyrrole nitrogens is 1. The molecule has 1 unspecified atom stereocenters. The van der Waals surface area contributed by atoms with Gasteiger partial charge in [0.05, 0.1) is 6.04 Å². The molecule has 28 heavy (non-hydrogen) atoms. The summed E-state index contributed by atoms with van der Waals surface area (Å²) in [7, 11) is 2.21. The van der Waals surface area contributed by atoms with Crippen molar-refractivity contribution >= 4 is 10.9 Å². The monoisotopic (exact) mass is 368 g/mol. The maximum Gasteiger partial charge on any atom is 0.127 e. The number of aromatic amines is 1. The van der Waals surface area contributed by atoms with E-state index in [1.54, 1.807) is 0 Å². The molecule has 1 N–H and O–H groups in total. The summed E-state index contributed by atoms with van der Waals surface area (Å²) < 4.78 is 5.96. The van der Waals surface area contributed by atoms with E-state index in [9.17, 15) is 0 Å². The van der Waals surface area contributed by atoms with Crippen LogP contribution in [0.1, 0.15) is 28.4 Å². The van der Waals surface area contributed by atoms with Gasteiger partial charge in [-0.25, -0.2) is 0 Å². The topological polar surface area (TPSA) is 28.3 Å². The van der Waals surface area contributed by atoms with E-state index >= 15 is 0 Å². The van der Waals surface area contributed by atoms with Crippen molar-refractivity contribution in [2.45, 2.75) is 19.4 Å². The Labute approximate surface area is 165 Å². The average Bonchev–Trinajstić information content (AvgIpc) is 3.09. The van der Waals surface area contributed by atoms with Gasteiger partial charge in [0.1, 0.15) is 11.5 Å². The molecule has 1 aliphatic rings. The van der Waals surface area contributed by atoms with E-state index in [4.69, 9.17) is 4.74 Å². The lowest BCUT2D eigenvalue weighted by atomic mass is 9.92. The standard InChI is InChI=1S/C25H24N2O/c1-17-7-6-10-22-23(17)21-15-16-27(2)25(24(21)26-22)18-11-13-20(14-12-18)28-19-8-4-3-5-9-19/h3-14,25-26H,15-16H2,1-2H3. The van der Waals surface area contributed by atoms with Crippen LogP contribution in [0.3, 0.4) is 0 Å². The molecular formula is C25H24N2O. The minimum atomic E-state index is 0.237. The van der Waals surface area contributed by atoms with Gasteiger partial charge in [-0.1, -0.05) is 42.5 Å². The molecule has 0 saturated carbocycles. The number of hydrogen-bond donors (Lipinski definition) is 1. The molecule has 140 valence electrons. The summed E-state index contributed by atoms with van der Waals surface area (Å²) in [6.07, 6.45) is 1.09. The molecule has 0 bridgehead atoms. The molecule has 4 aromatic rings. The minimum Gasteiger partial charge on any atom is -0.457 e. The van der Waals surface area contributed by atoms with Crippen LogP contribution < -0.4 is 4.74 Å². The summed E-state index contributed by atoms with van der Waals surface area (Å²) in [4.78, 5) is 6.15. The van der Waals surface area contributed by atoms with E-state index < -0.39 is 0 Å². The zero-order valence-electron chi connectivity index (χ0n) is 16.3. The largest absolute Gasteiger partial charge is 0.457 e. The number of aryl methyl sites for hydroxylation is 1. The fraction of sp³-hybridized carbons (Fsp3) is 0.200. The number of nitrogens with one attached hydrogen (secondary N) is 1. The normalized spacial score (nSPS) is 16.9. The maximum absolute atomic E-state index is 5.96. The third kappa shape index (κ3) is 2.88. The first-order valence-corrected chi connectivity index (χ1v) is 9.84. The van der Waals surface area contributed by atoms with Gasteiger partial charge in [-0.2, -0.15) is 0 Å². The summed E-state index contributed by atoms with van der Waals surface area (Å²) in [6.45, 7) is 3.26. The van der Waals surface area contributed by atoms with Crippen molar-refractivity contribution in [2.75, 3.05) is 13.6 Å². The van der Waals surface area contributed by atoms with E-state index in [1.807, 2.05) is 30.3 Å². The molecule has 1 aliphatic heterocycles. The zero-order valence-corrected chi connectivity index (χ0v) is 16.3. The highest BCUT2D eigenvalue weighted by atomic mass is 16.5. The Balaban J connectivity index is 1.51. The van der Waals surface area contributed by atoms with Gasteiger partial charge in [-0.05, 0) is 67.4 Å². The zero-order chi connectivity index (χ0) is 19.1. The fourth-order valence-corrected chi connectivity index (χ4v) is 4.42. The van der Waals surface area contributed by atoms with Crippen LogP contribution in [0, 0.1) is 6.92 Å². The SMILES string of the molecule is Cc1cccc2[nH]c3c(c12)CCN(C)C3c1ccc(Oc2ccccc2)cc1. The van der Waals surface area contributed by atoms with Gasteiger partial charge in [0, 0.05) is 23.1 Å². The number of nitrogens with zero attached hydrogens (tertiary/aromatic N) is 1. The summed E-state index contributed by atoms with van der Waals surface area (Å²) in [5, 5.41) is 1.40. The van der Waals surface area contributed by atoms with Crippen molar-refractivity contribution in [3.8, 4) is 11.5 Å². The molecule has 0 aliphatic carbocycles. The molecule has 0 radical (unpaired) electrons. The Kier molecular flexibility index (Phi) is 4.18. The molecule has 2 heterocycles. The van der Waals surface area contributed by atoms with E-state index in [2.05, 4.69) is 66.3 Å². The lowest BCUT2D eigenvalue weighted by Crippen LogP contribution is -2.32. The summed E-state index contributed by atoms with van der Waals surface area (Å²) in [5.41, 5.74) is 6.68. The van der Waals surface area contributed by atoms with Crippen molar-refractivity contribution in [1.82, 2.24) is 9.88 Å². The number of benzene rings is 3. The first kappa shape index (κ1) is 17.1. The smallest absolute Gasteiger partial charge is 0.127 e. The number of hydrogen-bond acceptors (Lipinski definition) is 2. The lowest BCUT2D eigenvalue weighted by Gasteiger charge is -2.33. The molecule has 0 spiro atoms. The van der Waals surface area contributed by atoms with Gasteiger partial charge in [-0.15, -0.1) is 0 Å². The van der Waals surface area contributed by atoms with Crippen LogP contribution in [0.2, 0.25) is 0 Å². The van der Waals surface area contributed by atoms with Crippen LogP contribution in [0.25, 0.3) is 10.9 Å². The quantitative estimate of drug-likeness (QED) is 0.491. The van der Waals surface area contributed by atoms with Gasteiger partial charge >= 0.3 is 0 Å². The second kappa shape index (κ2) is 6.84. The Hall–Kier alpha value is -3.04. The molecule has 5 rings (SSSR count). The highest BCUT2D eigenvalue weighted by molar-refractivity contribution is 5.88. The Morgan fingerprint density at radius 3 is 2.43 bits per heavy atom. The predicted molar refractivity (Wildman–Crippen MR) is 114 cm³/mol. The van der Waals surface area contributed by atoms with Crippen molar-refractivity contribution < 1.29 is 4.74 Å². The third-order valence-corrected chi connectivity index (χ3v) is 5.77. The molecule has 3 aromatic carbocycles. The van der Waals surface area contributed by atoms with Gasteiger partial charge in [0.15, 0.2) is 0 Å². The fourth-order valence-electron chi connectivity index (χ4n) is 4.42. The molecular weight excluding hydrogens is 344 g/mol. The second-order valence-electron chi connectivity index (χ2n) is 7.63. The summed E-state index contributed by atoms with van der Waals surface area (Å²) >= 11 is 0. The molecule has 3 nitrogen and oxygen atoms in total. The number of aromatic nitrogens is 1. The van der Waals surface area contributed by atoms with E-state index in [0.717, 1.165) is 24.5 Å². The van der Waals surface area contributed by atoms with E-state index in [1.165, 1.54) is 33.3 Å². The number of likely N-dealkylation sites (N-methyl/N-ethyl adjacent to an activating group) is 1. The highest BCUT2D eigenvalue weighted by Crippen LogP contribution is 2.39. The van der Waals surface area contributed by atoms with Crippen LogP contribution >= 0.6 is 0 Å². The predicted octanol–water partition coefficient (Wildman–Crippen LogP) is 5.85.